The molecule has 0 fully saturated rings. The molecule has 0 aromatic heterocycles. The van der Waals surface area contributed by atoms with Crippen LogP contribution in [0.2, 0.25) is 0 Å². The summed E-state index contributed by atoms with van der Waals surface area (Å²) < 4.78 is 9.42. The van der Waals surface area contributed by atoms with E-state index in [-0.39, 0.29) is 43.3 Å². The Morgan fingerprint density at radius 2 is 0.937 bits per heavy atom. The lowest BCUT2D eigenvalue weighted by atomic mass is 10.0. The van der Waals surface area contributed by atoms with Crippen molar-refractivity contribution in [1.82, 2.24) is 0 Å². The van der Waals surface area contributed by atoms with Gasteiger partial charge in [-0.3, -0.25) is 9.59 Å². The molecular weight excluding hydrogens is 801 g/mol. The molecule has 2 aromatic rings. The van der Waals surface area contributed by atoms with E-state index in [1.807, 2.05) is 12.2 Å². The summed E-state index contributed by atoms with van der Waals surface area (Å²) in [4.78, 5) is 21.2. The predicted molar refractivity (Wildman–Crippen MR) is 254 cm³/mol. The molecule has 4 unspecified atom stereocenters. The number of rotatable bonds is 33. The molecule has 356 valence electrons. The van der Waals surface area contributed by atoms with Crippen molar-refractivity contribution in [2.45, 2.75) is 192 Å². The summed E-state index contributed by atoms with van der Waals surface area (Å²) in [6, 6.07) is 11.1. The van der Waals surface area contributed by atoms with Gasteiger partial charge in [-0.1, -0.05) is 133 Å². The number of phenols is 3. The molecule has 0 radical (unpaired) electrons. The van der Waals surface area contributed by atoms with Crippen LogP contribution >= 0.6 is 0 Å². The van der Waals surface area contributed by atoms with Gasteiger partial charge in [-0.05, 0) is 67.5 Å². The quantitative estimate of drug-likeness (QED) is 0.0119. The molecule has 7 N–H and O–H groups in total. The van der Waals surface area contributed by atoms with Crippen LogP contribution in [-0.4, -0.2) is 85.3 Å². The van der Waals surface area contributed by atoms with E-state index < -0.39 is 36.4 Å². The molecule has 0 saturated carbocycles. The number of unbranched alkanes of at least 4 members (excludes halogenated alkanes) is 18. The number of phenolic OH excluding ortho intramolecular Hbond substituents is 3. The van der Waals surface area contributed by atoms with E-state index in [9.17, 15) is 40.2 Å². The second-order valence-electron chi connectivity index (χ2n) is 16.4. The highest BCUT2D eigenvalue weighted by atomic mass is 16.5. The van der Waals surface area contributed by atoms with Gasteiger partial charge in [0, 0.05) is 39.2 Å². The van der Waals surface area contributed by atoms with Crippen LogP contribution in [0, 0.1) is 12.3 Å². The zero-order valence-electron chi connectivity index (χ0n) is 38.5. The van der Waals surface area contributed by atoms with Crippen molar-refractivity contribution in [2.75, 3.05) is 13.2 Å². The van der Waals surface area contributed by atoms with Crippen LogP contribution in [0.4, 0.5) is 0 Å². The van der Waals surface area contributed by atoms with E-state index in [0.717, 1.165) is 50.5 Å². The summed E-state index contributed by atoms with van der Waals surface area (Å²) in [5, 5.41) is 66.6. The minimum Gasteiger partial charge on any atom is -0.508 e. The third-order valence-electron chi connectivity index (χ3n) is 10.1. The fourth-order valence-electron chi connectivity index (χ4n) is 6.67. The van der Waals surface area contributed by atoms with Crippen molar-refractivity contribution in [1.29, 1.82) is 0 Å². The van der Waals surface area contributed by atoms with Crippen LogP contribution in [0.15, 0.2) is 55.1 Å². The Morgan fingerprint density at radius 1 is 0.556 bits per heavy atom. The zero-order chi connectivity index (χ0) is 46.9. The van der Waals surface area contributed by atoms with Gasteiger partial charge in [0.2, 0.25) is 0 Å². The number of benzene rings is 2. The van der Waals surface area contributed by atoms with Gasteiger partial charge in [-0.15, -0.1) is 18.9 Å². The molecule has 0 aliphatic heterocycles. The first-order chi connectivity index (χ1) is 30.2. The molecule has 0 saturated heterocycles. The first kappa shape index (κ1) is 58.7. The maximum atomic E-state index is 10.6. The highest BCUT2D eigenvalue weighted by Gasteiger charge is 2.14. The molecule has 11 nitrogen and oxygen atoms in total. The average molecular weight is 883 g/mol. The number of carbonyl (C=O) groups excluding carboxylic acids is 2. The number of aromatic hydroxyl groups is 3. The first-order valence-electron chi connectivity index (χ1n) is 23.3. The molecule has 0 aliphatic rings. The lowest BCUT2D eigenvalue weighted by Crippen LogP contribution is -2.23. The molecule has 2 aromatic carbocycles. The minimum absolute atomic E-state index is 0.0235. The Labute approximate surface area is 379 Å². The standard InChI is InChI=1S/C19H36O4.C19H34O4.C14H12O3/c2*1-3-4-5-6-7-8-9-10-11-12-13-14-18(21)15-19(22)16-23-17(2)20;15-12-5-3-10(4-6-12)1-2-11-7-13(16)9-14(17)8-11/h3,18-19,21-22H,1,4-16H2,2H3;1,18-19,21-22H,4-16H2,2H3;1-9,15-17H. The Hall–Kier alpha value is -4.34. The lowest BCUT2D eigenvalue weighted by molar-refractivity contribution is -0.145. The summed E-state index contributed by atoms with van der Waals surface area (Å²) >= 11 is 0. The van der Waals surface area contributed by atoms with E-state index in [0.29, 0.717) is 18.4 Å². The molecule has 11 heteroatoms. The van der Waals surface area contributed by atoms with Gasteiger partial charge in [0.15, 0.2) is 0 Å². The van der Waals surface area contributed by atoms with Gasteiger partial charge in [0.1, 0.15) is 30.5 Å². The summed E-state index contributed by atoms with van der Waals surface area (Å²) in [5.74, 6) is 2.12. The van der Waals surface area contributed by atoms with Gasteiger partial charge in [-0.25, -0.2) is 0 Å². The molecule has 0 amide bonds. The second-order valence-corrected chi connectivity index (χ2v) is 16.4. The minimum atomic E-state index is -0.775. The largest absolute Gasteiger partial charge is 0.508 e. The number of allylic oxidation sites excluding steroid dienone is 1. The smallest absolute Gasteiger partial charge is 0.302 e. The van der Waals surface area contributed by atoms with Crippen LogP contribution in [0.25, 0.3) is 12.2 Å². The number of carbonyl (C=O) groups is 2. The molecular formula is C52H82O11. The van der Waals surface area contributed by atoms with Crippen molar-refractivity contribution in [3.63, 3.8) is 0 Å². The van der Waals surface area contributed by atoms with Crippen molar-refractivity contribution < 1.29 is 54.8 Å². The first-order valence-corrected chi connectivity index (χ1v) is 23.3. The highest BCUT2D eigenvalue weighted by molar-refractivity contribution is 5.71. The summed E-state index contributed by atoms with van der Waals surface area (Å²) in [6.45, 7) is 6.28. The number of esters is 2. The van der Waals surface area contributed by atoms with Gasteiger partial charge in [0.25, 0.3) is 0 Å². The third-order valence-corrected chi connectivity index (χ3v) is 10.1. The van der Waals surface area contributed by atoms with E-state index >= 15 is 0 Å². The maximum absolute atomic E-state index is 10.6. The average Bonchev–Trinajstić information content (AvgIpc) is 3.23. The Balaban J connectivity index is 0.000000925. The van der Waals surface area contributed by atoms with Gasteiger partial charge < -0.3 is 45.2 Å². The topological polar surface area (TPSA) is 194 Å². The van der Waals surface area contributed by atoms with Gasteiger partial charge in [-0.2, -0.15) is 0 Å². The highest BCUT2D eigenvalue weighted by Crippen LogP contribution is 2.22. The number of terminal acetylenes is 1. The molecule has 0 aliphatic carbocycles. The summed E-state index contributed by atoms with van der Waals surface area (Å²) in [7, 11) is 0. The lowest BCUT2D eigenvalue weighted by Gasteiger charge is -2.15. The van der Waals surface area contributed by atoms with Gasteiger partial charge >= 0.3 is 11.9 Å². The van der Waals surface area contributed by atoms with Gasteiger partial charge in [0.05, 0.1) is 24.4 Å². The molecule has 0 spiro atoms. The monoisotopic (exact) mass is 883 g/mol. The van der Waals surface area contributed by atoms with Crippen LogP contribution < -0.4 is 0 Å². The Kier molecular flexibility index (Phi) is 37.7. The van der Waals surface area contributed by atoms with E-state index in [1.165, 1.54) is 103 Å². The zero-order valence-corrected chi connectivity index (χ0v) is 38.5. The van der Waals surface area contributed by atoms with E-state index in [1.54, 1.807) is 42.5 Å². The number of aliphatic hydroxyl groups is 4. The molecule has 63 heavy (non-hydrogen) atoms. The second kappa shape index (κ2) is 40.4. The SMILES string of the molecule is C#CCCCCCCCCCCCC(O)CC(O)COC(C)=O.C=CCCCCCCCCCCCC(O)CC(O)COC(C)=O.Oc1ccc(C=Cc2cc(O)cc(O)c2)cc1. The van der Waals surface area contributed by atoms with Crippen molar-refractivity contribution in [3.05, 3.63) is 66.2 Å². The van der Waals surface area contributed by atoms with E-state index in [4.69, 9.17) is 21.0 Å². The molecule has 4 atom stereocenters. The van der Waals surface area contributed by atoms with Crippen LogP contribution in [0.5, 0.6) is 17.2 Å². The van der Waals surface area contributed by atoms with Crippen molar-refractivity contribution in [2.24, 2.45) is 0 Å². The Morgan fingerprint density at radius 3 is 1.33 bits per heavy atom. The summed E-state index contributed by atoms with van der Waals surface area (Å²) in [5.41, 5.74) is 1.63. The maximum Gasteiger partial charge on any atom is 0.302 e. The summed E-state index contributed by atoms with van der Waals surface area (Å²) in [6.07, 6.45) is 34.1. The number of ether oxygens (including phenoxy) is 2. The van der Waals surface area contributed by atoms with Crippen molar-refractivity contribution in [3.8, 4) is 29.6 Å². The van der Waals surface area contributed by atoms with Crippen molar-refractivity contribution >= 4 is 24.1 Å². The number of hydrogen-bond acceptors (Lipinski definition) is 11. The van der Waals surface area contributed by atoms with E-state index in [2.05, 4.69) is 12.5 Å². The number of aliphatic hydroxyl groups excluding tert-OH is 4. The molecule has 0 heterocycles. The predicted octanol–water partition coefficient (Wildman–Crippen LogP) is 10.7. The van der Waals surface area contributed by atoms with Crippen LogP contribution in [0.1, 0.15) is 179 Å². The molecule has 0 bridgehead atoms. The molecule has 2 rings (SSSR count). The normalized spacial score (nSPS) is 12.7. The number of hydrogen-bond donors (Lipinski definition) is 7. The van der Waals surface area contributed by atoms with Crippen LogP contribution in [0.3, 0.4) is 0 Å². The fraction of sp³-hybridized carbons (Fsp3) is 0.615. The third kappa shape index (κ3) is 40.2. The fourth-order valence-corrected chi connectivity index (χ4v) is 6.67. The van der Waals surface area contributed by atoms with Crippen LogP contribution in [-0.2, 0) is 19.1 Å². The Bertz CT molecular complexity index is 1480.